The van der Waals surface area contributed by atoms with Crippen molar-refractivity contribution in [2.75, 3.05) is 5.73 Å². The van der Waals surface area contributed by atoms with E-state index in [4.69, 9.17) is 5.73 Å². The zero-order valence-corrected chi connectivity index (χ0v) is 10.6. The molecule has 0 atom stereocenters. The standard InChI is InChI=1S/C12H10N4O5/c13-9-2-1-8(5-10(9)15(18)19)6-14-4-3-12(17)11(7-14)16(20)21/h1-5,7H,6,13H2. The van der Waals surface area contributed by atoms with E-state index in [0.717, 1.165) is 12.3 Å². The fraction of sp³-hybridized carbons (Fsp3) is 0.0833. The second-order valence-electron chi connectivity index (χ2n) is 4.27. The molecule has 0 fully saturated rings. The van der Waals surface area contributed by atoms with Crippen LogP contribution in [0.4, 0.5) is 17.1 Å². The SMILES string of the molecule is Nc1ccc(Cn2ccc(=O)c([N+](=O)[O-])c2)cc1[N+](=O)[O-]. The monoisotopic (exact) mass is 290 g/mol. The highest BCUT2D eigenvalue weighted by Crippen LogP contribution is 2.22. The van der Waals surface area contributed by atoms with Crippen molar-refractivity contribution in [1.29, 1.82) is 0 Å². The van der Waals surface area contributed by atoms with E-state index < -0.39 is 21.0 Å². The van der Waals surface area contributed by atoms with Crippen LogP contribution in [0.2, 0.25) is 0 Å². The second kappa shape index (κ2) is 5.41. The van der Waals surface area contributed by atoms with Gasteiger partial charge in [0.1, 0.15) is 5.69 Å². The van der Waals surface area contributed by atoms with E-state index >= 15 is 0 Å². The van der Waals surface area contributed by atoms with Gasteiger partial charge in [0.2, 0.25) is 0 Å². The summed E-state index contributed by atoms with van der Waals surface area (Å²) in [6.45, 7) is 0.141. The summed E-state index contributed by atoms with van der Waals surface area (Å²) in [5.74, 6) is 0. The molecule has 0 saturated heterocycles. The average molecular weight is 290 g/mol. The van der Waals surface area contributed by atoms with Gasteiger partial charge < -0.3 is 10.3 Å². The Morgan fingerprint density at radius 2 is 1.76 bits per heavy atom. The number of anilines is 1. The Labute approximate surface area is 117 Å². The van der Waals surface area contributed by atoms with Gasteiger partial charge in [-0.1, -0.05) is 6.07 Å². The molecule has 9 heteroatoms. The number of aromatic nitrogens is 1. The molecule has 0 spiro atoms. The average Bonchev–Trinajstić information content (AvgIpc) is 2.42. The molecular weight excluding hydrogens is 280 g/mol. The Hall–Kier alpha value is -3.23. The third-order valence-corrected chi connectivity index (χ3v) is 2.81. The molecule has 0 unspecified atom stereocenters. The third-order valence-electron chi connectivity index (χ3n) is 2.81. The lowest BCUT2D eigenvalue weighted by Gasteiger charge is -2.07. The van der Waals surface area contributed by atoms with Crippen LogP contribution in [-0.2, 0) is 6.54 Å². The zero-order valence-electron chi connectivity index (χ0n) is 10.6. The first-order chi connectivity index (χ1) is 9.88. The number of hydrogen-bond donors (Lipinski definition) is 1. The lowest BCUT2D eigenvalue weighted by atomic mass is 10.1. The van der Waals surface area contributed by atoms with Crippen LogP contribution < -0.4 is 11.2 Å². The van der Waals surface area contributed by atoms with Gasteiger partial charge in [-0.05, 0) is 11.6 Å². The molecule has 2 rings (SSSR count). The van der Waals surface area contributed by atoms with Gasteiger partial charge in [-0.15, -0.1) is 0 Å². The van der Waals surface area contributed by atoms with Gasteiger partial charge in [0.05, 0.1) is 16.0 Å². The minimum Gasteiger partial charge on any atom is -0.393 e. The van der Waals surface area contributed by atoms with Crippen molar-refractivity contribution in [3.05, 3.63) is 72.7 Å². The van der Waals surface area contributed by atoms with E-state index in [0.29, 0.717) is 5.56 Å². The minimum atomic E-state index is -0.774. The quantitative estimate of drug-likeness (QED) is 0.512. The topological polar surface area (TPSA) is 134 Å². The first kappa shape index (κ1) is 14.2. The Bertz CT molecular complexity index is 783. The number of benzene rings is 1. The third kappa shape index (κ3) is 3.03. The molecular formula is C12H10N4O5. The molecule has 1 aromatic carbocycles. The molecule has 9 nitrogen and oxygen atoms in total. The molecule has 0 aliphatic heterocycles. The lowest BCUT2D eigenvalue weighted by molar-refractivity contribution is -0.386. The molecule has 2 N–H and O–H groups in total. The maximum Gasteiger partial charge on any atom is 0.332 e. The normalized spacial score (nSPS) is 10.3. The number of nitrogens with two attached hydrogens (primary N) is 1. The summed E-state index contributed by atoms with van der Waals surface area (Å²) in [4.78, 5) is 31.4. The maximum absolute atomic E-state index is 11.3. The smallest absolute Gasteiger partial charge is 0.332 e. The van der Waals surface area contributed by atoms with Gasteiger partial charge in [-0.25, -0.2) is 0 Å². The van der Waals surface area contributed by atoms with Crippen molar-refractivity contribution in [2.24, 2.45) is 0 Å². The molecule has 0 saturated carbocycles. The predicted molar refractivity (Wildman–Crippen MR) is 74.0 cm³/mol. The van der Waals surface area contributed by atoms with Crippen molar-refractivity contribution < 1.29 is 9.85 Å². The van der Waals surface area contributed by atoms with E-state index in [9.17, 15) is 25.0 Å². The molecule has 0 amide bonds. The van der Waals surface area contributed by atoms with Gasteiger partial charge in [-0.3, -0.25) is 25.0 Å². The summed E-state index contributed by atoms with van der Waals surface area (Å²) in [6, 6.07) is 5.33. The molecule has 0 radical (unpaired) electrons. The van der Waals surface area contributed by atoms with Gasteiger partial charge in [0.15, 0.2) is 0 Å². The van der Waals surface area contributed by atoms with Crippen LogP contribution in [0, 0.1) is 20.2 Å². The van der Waals surface area contributed by atoms with Crippen molar-refractivity contribution in [3.63, 3.8) is 0 Å². The van der Waals surface area contributed by atoms with Gasteiger partial charge in [-0.2, -0.15) is 0 Å². The molecule has 0 bridgehead atoms. The van der Waals surface area contributed by atoms with Gasteiger partial charge >= 0.3 is 5.69 Å². The fourth-order valence-electron chi connectivity index (χ4n) is 1.80. The molecule has 2 aromatic rings. The molecule has 1 aromatic heterocycles. The summed E-state index contributed by atoms with van der Waals surface area (Å²) in [7, 11) is 0. The van der Waals surface area contributed by atoms with E-state index in [2.05, 4.69) is 0 Å². The van der Waals surface area contributed by atoms with Crippen molar-refractivity contribution in [1.82, 2.24) is 4.57 Å². The van der Waals surface area contributed by atoms with E-state index in [1.807, 2.05) is 0 Å². The highest BCUT2D eigenvalue weighted by molar-refractivity contribution is 5.59. The van der Waals surface area contributed by atoms with Crippen molar-refractivity contribution in [3.8, 4) is 0 Å². The molecule has 108 valence electrons. The number of nitro groups is 2. The molecule has 0 aliphatic rings. The van der Waals surface area contributed by atoms with Crippen LogP contribution in [0.5, 0.6) is 0 Å². The van der Waals surface area contributed by atoms with Crippen LogP contribution in [0.1, 0.15) is 5.56 Å². The van der Waals surface area contributed by atoms with E-state index in [-0.39, 0.29) is 17.9 Å². The Kier molecular flexibility index (Phi) is 3.65. The van der Waals surface area contributed by atoms with Crippen molar-refractivity contribution >= 4 is 17.1 Å². The highest BCUT2D eigenvalue weighted by atomic mass is 16.6. The van der Waals surface area contributed by atoms with E-state index in [1.165, 1.54) is 22.9 Å². The van der Waals surface area contributed by atoms with Crippen LogP contribution in [0.25, 0.3) is 0 Å². The second-order valence-corrected chi connectivity index (χ2v) is 4.27. The fourth-order valence-corrected chi connectivity index (χ4v) is 1.80. The maximum atomic E-state index is 11.3. The van der Waals surface area contributed by atoms with Crippen LogP contribution in [-0.4, -0.2) is 14.4 Å². The largest absolute Gasteiger partial charge is 0.393 e. The van der Waals surface area contributed by atoms with Gasteiger partial charge in [0, 0.05) is 24.9 Å². The Balaban J connectivity index is 2.37. The molecule has 0 aliphatic carbocycles. The highest BCUT2D eigenvalue weighted by Gasteiger charge is 2.14. The number of pyridine rings is 1. The summed E-state index contributed by atoms with van der Waals surface area (Å²) in [5.41, 5.74) is 4.58. The Morgan fingerprint density at radius 3 is 2.38 bits per heavy atom. The number of hydrogen-bond acceptors (Lipinski definition) is 6. The number of nitro benzene ring substituents is 1. The van der Waals surface area contributed by atoms with Crippen molar-refractivity contribution in [2.45, 2.75) is 6.54 Å². The van der Waals surface area contributed by atoms with Gasteiger partial charge in [0.25, 0.3) is 11.1 Å². The van der Waals surface area contributed by atoms with Crippen LogP contribution in [0.3, 0.4) is 0 Å². The van der Waals surface area contributed by atoms with Crippen LogP contribution >= 0.6 is 0 Å². The number of rotatable bonds is 4. The summed E-state index contributed by atoms with van der Waals surface area (Å²) < 4.78 is 1.40. The minimum absolute atomic E-state index is 0.0367. The zero-order chi connectivity index (χ0) is 15.6. The summed E-state index contributed by atoms with van der Waals surface area (Å²) >= 11 is 0. The summed E-state index contributed by atoms with van der Waals surface area (Å²) in [6.07, 6.45) is 2.46. The summed E-state index contributed by atoms with van der Waals surface area (Å²) in [5, 5.41) is 21.5. The number of nitrogen functional groups attached to an aromatic ring is 1. The first-order valence-corrected chi connectivity index (χ1v) is 5.76. The molecule has 1 heterocycles. The van der Waals surface area contributed by atoms with Crippen LogP contribution in [0.15, 0.2) is 41.5 Å². The predicted octanol–water partition coefficient (Wildman–Crippen LogP) is 1.30. The first-order valence-electron chi connectivity index (χ1n) is 5.76. The van der Waals surface area contributed by atoms with E-state index in [1.54, 1.807) is 6.07 Å². The lowest BCUT2D eigenvalue weighted by Crippen LogP contribution is -2.11. The Morgan fingerprint density at radius 1 is 1.10 bits per heavy atom. The number of nitrogens with zero attached hydrogens (tertiary/aromatic N) is 3. The molecule has 21 heavy (non-hydrogen) atoms.